The Morgan fingerprint density at radius 1 is 0.735 bits per heavy atom. The molecule has 0 spiro atoms. The van der Waals surface area contributed by atoms with E-state index in [4.69, 9.17) is 4.74 Å². The number of ether oxygens (including phenoxy) is 1. The molecule has 4 aromatic rings. The lowest BCUT2D eigenvalue weighted by Gasteiger charge is -2.44. The first kappa shape index (κ1) is 22.0. The van der Waals surface area contributed by atoms with Gasteiger partial charge < -0.3 is 4.74 Å². The van der Waals surface area contributed by atoms with Crippen molar-refractivity contribution in [2.24, 2.45) is 0 Å². The van der Waals surface area contributed by atoms with Crippen LogP contribution in [0.4, 0.5) is 11.4 Å². The van der Waals surface area contributed by atoms with E-state index < -0.39 is 6.23 Å². The van der Waals surface area contributed by atoms with E-state index in [0.29, 0.717) is 10.2 Å². The van der Waals surface area contributed by atoms with E-state index in [-0.39, 0.29) is 5.91 Å². The molecule has 0 saturated carbocycles. The molecule has 0 aromatic heterocycles. The van der Waals surface area contributed by atoms with Crippen molar-refractivity contribution in [3.05, 3.63) is 136 Å². The van der Waals surface area contributed by atoms with E-state index >= 15 is 0 Å². The van der Waals surface area contributed by atoms with E-state index in [2.05, 4.69) is 15.9 Å². The van der Waals surface area contributed by atoms with Gasteiger partial charge in [0.1, 0.15) is 10.2 Å². The van der Waals surface area contributed by atoms with Crippen LogP contribution in [0.1, 0.15) is 22.9 Å². The molecular weight excluding hydrogens is 488 g/mol. The molecule has 1 heterocycles. The molecule has 168 valence electrons. The molecule has 0 fully saturated rings. The van der Waals surface area contributed by atoms with Crippen LogP contribution in [0.5, 0.6) is 0 Å². The third-order valence-electron chi connectivity index (χ3n) is 5.66. The highest BCUT2D eigenvalue weighted by molar-refractivity contribution is 9.12. The van der Waals surface area contributed by atoms with Gasteiger partial charge in [0, 0.05) is 11.1 Å². The summed E-state index contributed by atoms with van der Waals surface area (Å²) in [6.45, 7) is 2.03. The number of nitrogens with zero attached hydrogens (tertiary/aromatic N) is 2. The number of hydrogen-bond donors (Lipinski definition) is 0. The van der Waals surface area contributed by atoms with Crippen LogP contribution in [0, 0.1) is 6.92 Å². The summed E-state index contributed by atoms with van der Waals surface area (Å²) in [7, 11) is 0. The second kappa shape index (κ2) is 9.57. The van der Waals surface area contributed by atoms with Crippen LogP contribution < -0.4 is 5.01 Å². The van der Waals surface area contributed by atoms with E-state index in [1.807, 2.05) is 127 Å². The fourth-order valence-corrected chi connectivity index (χ4v) is 4.48. The zero-order chi connectivity index (χ0) is 23.5. The summed E-state index contributed by atoms with van der Waals surface area (Å²) < 4.78 is 6.99. The number of carbonyl (C=O) groups excluding carboxylic acids is 1. The number of anilines is 2. The van der Waals surface area contributed by atoms with Crippen molar-refractivity contribution in [1.29, 1.82) is 0 Å². The van der Waals surface area contributed by atoms with Gasteiger partial charge >= 0.3 is 0 Å². The smallest absolute Gasteiger partial charge is 0.287 e. The number of amides is 1. The Bertz CT molecular complexity index is 1270. The minimum atomic E-state index is -0.674. The number of aryl methyl sites for hydroxylation is 1. The molecule has 0 N–H and O–H groups in total. The van der Waals surface area contributed by atoms with Crippen LogP contribution in [0.15, 0.2) is 120 Å². The Labute approximate surface area is 207 Å². The number of carbonyl (C=O) groups is 1. The summed E-state index contributed by atoms with van der Waals surface area (Å²) in [5.74, 6) is 0.333. The van der Waals surface area contributed by atoms with Crippen LogP contribution in [0.2, 0.25) is 0 Å². The third-order valence-corrected chi connectivity index (χ3v) is 6.36. The predicted octanol–water partition coefficient (Wildman–Crippen LogP) is 7.37. The summed E-state index contributed by atoms with van der Waals surface area (Å²) >= 11 is 3.57. The van der Waals surface area contributed by atoms with Crippen molar-refractivity contribution in [3.8, 4) is 0 Å². The van der Waals surface area contributed by atoms with E-state index in [0.717, 1.165) is 28.1 Å². The lowest BCUT2D eigenvalue weighted by Crippen LogP contribution is -2.49. The average Bonchev–Trinajstić information content (AvgIpc) is 2.89. The molecule has 0 saturated heterocycles. The number of benzene rings is 4. The standard InChI is InChI=1S/C29H23BrN2O2/c1-21-17-19-22(20-18-21)27-26(30)28(33)32(29(34-27)23-11-5-2-6-12-23)31(24-13-7-3-8-14-24)25-15-9-4-10-16-25/h2-20,29H,1H3/t29-/m0/s1. The average molecular weight is 511 g/mol. The van der Waals surface area contributed by atoms with Crippen molar-refractivity contribution >= 4 is 39.0 Å². The Hall–Kier alpha value is -3.83. The summed E-state index contributed by atoms with van der Waals surface area (Å²) in [6.07, 6.45) is -0.674. The second-order valence-corrected chi connectivity index (χ2v) is 8.82. The van der Waals surface area contributed by atoms with Crippen molar-refractivity contribution in [3.63, 3.8) is 0 Å². The lowest BCUT2D eigenvalue weighted by molar-refractivity contribution is -0.139. The number of hydrazine groups is 1. The normalized spacial score (nSPS) is 15.8. The number of rotatable bonds is 5. The Morgan fingerprint density at radius 3 is 1.76 bits per heavy atom. The van der Waals surface area contributed by atoms with Crippen LogP contribution in [-0.2, 0) is 9.53 Å². The Kier molecular flexibility index (Phi) is 6.19. The third kappa shape index (κ3) is 4.22. The van der Waals surface area contributed by atoms with Gasteiger partial charge in [-0.1, -0.05) is 96.6 Å². The van der Waals surface area contributed by atoms with Gasteiger partial charge in [-0.05, 0) is 47.1 Å². The molecule has 1 amide bonds. The lowest BCUT2D eigenvalue weighted by atomic mass is 10.1. The molecule has 1 aliphatic rings. The van der Waals surface area contributed by atoms with Gasteiger partial charge in [-0.15, -0.1) is 0 Å². The molecule has 0 unspecified atom stereocenters. The fourth-order valence-electron chi connectivity index (χ4n) is 3.98. The van der Waals surface area contributed by atoms with E-state index in [1.165, 1.54) is 0 Å². The van der Waals surface area contributed by atoms with Gasteiger partial charge in [0.15, 0.2) is 0 Å². The summed E-state index contributed by atoms with van der Waals surface area (Å²) in [5.41, 5.74) is 4.56. The maximum Gasteiger partial charge on any atom is 0.287 e. The van der Waals surface area contributed by atoms with E-state index in [1.54, 1.807) is 5.01 Å². The van der Waals surface area contributed by atoms with Crippen LogP contribution in [0.25, 0.3) is 5.76 Å². The second-order valence-electron chi connectivity index (χ2n) is 8.02. The molecule has 0 aliphatic carbocycles. The molecule has 0 bridgehead atoms. The first-order chi connectivity index (χ1) is 16.6. The first-order valence-corrected chi connectivity index (χ1v) is 11.8. The highest BCUT2D eigenvalue weighted by atomic mass is 79.9. The minimum absolute atomic E-state index is 0.191. The monoisotopic (exact) mass is 510 g/mol. The van der Waals surface area contributed by atoms with Gasteiger partial charge in [-0.25, -0.2) is 10.0 Å². The van der Waals surface area contributed by atoms with Crippen LogP contribution in [-0.4, -0.2) is 10.9 Å². The molecule has 4 aromatic carbocycles. The number of hydrogen-bond acceptors (Lipinski definition) is 3. The van der Waals surface area contributed by atoms with E-state index in [9.17, 15) is 4.79 Å². The molecule has 5 heteroatoms. The van der Waals surface area contributed by atoms with Crippen LogP contribution in [0.3, 0.4) is 0 Å². The van der Waals surface area contributed by atoms with Crippen molar-refractivity contribution < 1.29 is 9.53 Å². The Morgan fingerprint density at radius 2 is 1.24 bits per heavy atom. The molecular formula is C29H23BrN2O2. The van der Waals surface area contributed by atoms with Gasteiger partial charge in [0.2, 0.25) is 6.23 Å². The molecule has 34 heavy (non-hydrogen) atoms. The molecule has 5 rings (SSSR count). The molecule has 0 radical (unpaired) electrons. The molecule has 1 atom stereocenters. The first-order valence-electron chi connectivity index (χ1n) is 11.1. The fraction of sp³-hybridized carbons (Fsp3) is 0.0690. The zero-order valence-corrected chi connectivity index (χ0v) is 20.2. The van der Waals surface area contributed by atoms with Gasteiger partial charge in [-0.3, -0.25) is 4.79 Å². The topological polar surface area (TPSA) is 32.8 Å². The highest BCUT2D eigenvalue weighted by Gasteiger charge is 2.41. The molecule has 4 nitrogen and oxygen atoms in total. The summed E-state index contributed by atoms with van der Waals surface area (Å²) in [6, 6.07) is 37.5. The SMILES string of the molecule is Cc1ccc(C2=C(Br)C(=O)N(N(c3ccccc3)c3ccccc3)[C@H](c3ccccc3)O2)cc1. The molecule has 1 aliphatic heterocycles. The van der Waals surface area contributed by atoms with Gasteiger partial charge in [-0.2, -0.15) is 0 Å². The van der Waals surface area contributed by atoms with Crippen molar-refractivity contribution in [2.45, 2.75) is 13.2 Å². The van der Waals surface area contributed by atoms with Gasteiger partial charge in [0.05, 0.1) is 11.4 Å². The minimum Gasteiger partial charge on any atom is -0.462 e. The van der Waals surface area contributed by atoms with Gasteiger partial charge in [0.25, 0.3) is 5.91 Å². The largest absolute Gasteiger partial charge is 0.462 e. The maximum atomic E-state index is 14.0. The Balaban J connectivity index is 1.70. The summed E-state index contributed by atoms with van der Waals surface area (Å²) in [4.78, 5) is 14.0. The number of para-hydroxylation sites is 2. The highest BCUT2D eigenvalue weighted by Crippen LogP contribution is 2.43. The predicted molar refractivity (Wildman–Crippen MR) is 139 cm³/mol. The van der Waals surface area contributed by atoms with Crippen molar-refractivity contribution in [2.75, 3.05) is 5.01 Å². The summed E-state index contributed by atoms with van der Waals surface area (Å²) in [5, 5.41) is 3.58. The quantitative estimate of drug-likeness (QED) is 0.281. The van der Waals surface area contributed by atoms with Crippen LogP contribution >= 0.6 is 15.9 Å². The maximum absolute atomic E-state index is 14.0. The number of halogens is 1. The van der Waals surface area contributed by atoms with Crippen molar-refractivity contribution in [1.82, 2.24) is 5.01 Å². The zero-order valence-electron chi connectivity index (χ0n) is 18.6.